The summed E-state index contributed by atoms with van der Waals surface area (Å²) < 4.78 is 5.98. The first-order valence-electron chi connectivity index (χ1n) is 7.12. The van der Waals surface area contributed by atoms with Crippen LogP contribution in [0.4, 0.5) is 5.69 Å². The molecule has 0 radical (unpaired) electrons. The zero-order valence-electron chi connectivity index (χ0n) is 12.3. The van der Waals surface area contributed by atoms with Gasteiger partial charge in [0, 0.05) is 12.1 Å². The molecule has 0 aliphatic carbocycles. The van der Waals surface area contributed by atoms with Gasteiger partial charge in [-0.05, 0) is 30.7 Å². The van der Waals surface area contributed by atoms with E-state index in [1.165, 1.54) is 11.8 Å². The number of rotatable bonds is 7. The number of ether oxygens (including phenoxy) is 1. The first-order valence-corrected chi connectivity index (χ1v) is 8.41. The fourth-order valence-corrected chi connectivity index (χ4v) is 3.14. The zero-order chi connectivity index (χ0) is 15.9. The molecule has 2 N–H and O–H groups in total. The molecule has 1 fully saturated rings. The van der Waals surface area contributed by atoms with Gasteiger partial charge < -0.3 is 15.4 Å². The minimum atomic E-state index is -0.441. The van der Waals surface area contributed by atoms with E-state index in [1.807, 2.05) is 12.1 Å². The van der Waals surface area contributed by atoms with Crippen molar-refractivity contribution in [1.82, 2.24) is 5.32 Å². The standard InChI is InChI=1S/C15H18N2O3S2/c1-2-3-8-20-11-6-4-10(5-7-11)16-13(18)9-12-14(19)17-15(21)22-12/h4-7,12H,2-3,8-9H2,1H3,(H,16,18)(H,17,19,21)/t12-/m1/s1. The van der Waals surface area contributed by atoms with Crippen molar-refractivity contribution in [3.05, 3.63) is 24.3 Å². The fourth-order valence-electron chi connectivity index (χ4n) is 1.88. The van der Waals surface area contributed by atoms with Crippen LogP contribution in [0.3, 0.4) is 0 Å². The summed E-state index contributed by atoms with van der Waals surface area (Å²) >= 11 is 6.12. The molecule has 118 valence electrons. The van der Waals surface area contributed by atoms with Gasteiger partial charge in [-0.2, -0.15) is 0 Å². The van der Waals surface area contributed by atoms with Crippen LogP contribution in [0.1, 0.15) is 26.2 Å². The third-order valence-electron chi connectivity index (χ3n) is 3.04. The fraction of sp³-hybridized carbons (Fsp3) is 0.400. The Hall–Kier alpha value is -1.60. The summed E-state index contributed by atoms with van der Waals surface area (Å²) in [5.41, 5.74) is 0.679. The van der Waals surface area contributed by atoms with Crippen LogP contribution in [-0.4, -0.2) is 28.0 Å². The number of hydrogen-bond acceptors (Lipinski definition) is 5. The predicted molar refractivity (Wildman–Crippen MR) is 92.2 cm³/mol. The third kappa shape index (κ3) is 4.99. The van der Waals surface area contributed by atoms with E-state index in [9.17, 15) is 9.59 Å². The summed E-state index contributed by atoms with van der Waals surface area (Å²) in [6, 6.07) is 7.20. The van der Waals surface area contributed by atoms with Crippen molar-refractivity contribution < 1.29 is 14.3 Å². The van der Waals surface area contributed by atoms with Gasteiger partial charge in [0.2, 0.25) is 11.8 Å². The Bertz CT molecular complexity index is 560. The summed E-state index contributed by atoms with van der Waals surface area (Å²) in [6.45, 7) is 2.80. The van der Waals surface area contributed by atoms with E-state index in [0.29, 0.717) is 16.6 Å². The number of hydrogen-bond donors (Lipinski definition) is 2. The van der Waals surface area contributed by atoms with Crippen LogP contribution in [0, 0.1) is 0 Å². The van der Waals surface area contributed by atoms with E-state index >= 15 is 0 Å². The summed E-state index contributed by atoms with van der Waals surface area (Å²) in [5, 5.41) is 4.85. The number of carbonyl (C=O) groups excluding carboxylic acids is 2. The predicted octanol–water partition coefficient (Wildman–Crippen LogP) is 2.71. The quantitative estimate of drug-likeness (QED) is 0.591. The Morgan fingerprint density at radius 2 is 2.14 bits per heavy atom. The van der Waals surface area contributed by atoms with Crippen molar-refractivity contribution in [3.63, 3.8) is 0 Å². The molecule has 2 rings (SSSR count). The lowest BCUT2D eigenvalue weighted by molar-refractivity contribution is -0.122. The second kappa shape index (κ2) is 8.14. The van der Waals surface area contributed by atoms with Crippen molar-refractivity contribution in [2.75, 3.05) is 11.9 Å². The van der Waals surface area contributed by atoms with E-state index in [2.05, 4.69) is 17.6 Å². The van der Waals surface area contributed by atoms with Gasteiger partial charge in [0.05, 0.1) is 11.9 Å². The van der Waals surface area contributed by atoms with Crippen molar-refractivity contribution in [2.24, 2.45) is 0 Å². The maximum Gasteiger partial charge on any atom is 0.239 e. The first kappa shape index (κ1) is 16.8. The molecule has 1 saturated heterocycles. The number of carbonyl (C=O) groups is 2. The molecule has 1 aromatic carbocycles. The van der Waals surface area contributed by atoms with Crippen molar-refractivity contribution >= 4 is 45.8 Å². The average molecular weight is 338 g/mol. The molecule has 0 spiro atoms. The van der Waals surface area contributed by atoms with Gasteiger partial charge in [0.15, 0.2) is 0 Å². The average Bonchev–Trinajstić information content (AvgIpc) is 2.79. The first-order chi connectivity index (χ1) is 10.6. The molecule has 0 unspecified atom stereocenters. The second-order valence-corrected chi connectivity index (χ2v) is 6.74. The molecule has 22 heavy (non-hydrogen) atoms. The number of unbranched alkanes of at least 4 members (excludes halogenated alkanes) is 1. The van der Waals surface area contributed by atoms with E-state index in [-0.39, 0.29) is 18.2 Å². The van der Waals surface area contributed by atoms with Crippen molar-refractivity contribution in [2.45, 2.75) is 31.4 Å². The van der Waals surface area contributed by atoms with Gasteiger partial charge in [0.1, 0.15) is 10.1 Å². The van der Waals surface area contributed by atoms with Gasteiger partial charge in [-0.15, -0.1) is 0 Å². The highest BCUT2D eigenvalue weighted by Crippen LogP contribution is 2.23. The van der Waals surface area contributed by atoms with E-state index in [1.54, 1.807) is 12.1 Å². The molecule has 2 amide bonds. The van der Waals surface area contributed by atoms with Crippen LogP contribution in [0.15, 0.2) is 24.3 Å². The third-order valence-corrected chi connectivity index (χ3v) is 4.41. The van der Waals surface area contributed by atoms with Crippen LogP contribution in [0.5, 0.6) is 5.75 Å². The Morgan fingerprint density at radius 3 is 2.73 bits per heavy atom. The van der Waals surface area contributed by atoms with Gasteiger partial charge in [-0.25, -0.2) is 0 Å². The number of thiocarbonyl (C=S) groups is 1. The van der Waals surface area contributed by atoms with Gasteiger partial charge in [-0.1, -0.05) is 37.3 Å². The molecule has 1 aliphatic rings. The smallest absolute Gasteiger partial charge is 0.239 e. The zero-order valence-corrected chi connectivity index (χ0v) is 13.9. The van der Waals surface area contributed by atoms with E-state index in [0.717, 1.165) is 18.6 Å². The topological polar surface area (TPSA) is 67.4 Å². The number of benzene rings is 1. The molecule has 1 aromatic rings. The molecule has 1 heterocycles. The number of anilines is 1. The molecule has 0 aromatic heterocycles. The lowest BCUT2D eigenvalue weighted by Gasteiger charge is -2.09. The number of nitrogens with one attached hydrogen (secondary N) is 2. The lowest BCUT2D eigenvalue weighted by Crippen LogP contribution is -2.27. The van der Waals surface area contributed by atoms with E-state index in [4.69, 9.17) is 17.0 Å². The lowest BCUT2D eigenvalue weighted by atomic mass is 10.2. The molecular weight excluding hydrogens is 320 g/mol. The Morgan fingerprint density at radius 1 is 1.41 bits per heavy atom. The van der Waals surface area contributed by atoms with Crippen LogP contribution < -0.4 is 15.4 Å². The highest BCUT2D eigenvalue weighted by molar-refractivity contribution is 8.24. The number of thioether (sulfide) groups is 1. The van der Waals surface area contributed by atoms with E-state index < -0.39 is 5.25 Å². The normalized spacial score (nSPS) is 17.2. The molecule has 5 nitrogen and oxygen atoms in total. The second-order valence-electron chi connectivity index (χ2n) is 4.86. The van der Waals surface area contributed by atoms with Gasteiger partial charge in [0.25, 0.3) is 0 Å². The Kier molecular flexibility index (Phi) is 6.21. The monoisotopic (exact) mass is 338 g/mol. The van der Waals surface area contributed by atoms with Crippen molar-refractivity contribution in [3.8, 4) is 5.75 Å². The van der Waals surface area contributed by atoms with Crippen LogP contribution in [-0.2, 0) is 9.59 Å². The molecule has 0 bridgehead atoms. The summed E-state index contributed by atoms with van der Waals surface area (Å²) in [5.74, 6) is 0.365. The molecule has 1 aliphatic heterocycles. The molecule has 0 saturated carbocycles. The van der Waals surface area contributed by atoms with Gasteiger partial charge >= 0.3 is 0 Å². The van der Waals surface area contributed by atoms with Crippen LogP contribution >= 0.6 is 24.0 Å². The summed E-state index contributed by atoms with van der Waals surface area (Å²) in [4.78, 5) is 23.5. The maximum atomic E-state index is 11.9. The van der Waals surface area contributed by atoms with Crippen LogP contribution in [0.2, 0.25) is 0 Å². The number of amides is 2. The highest BCUT2D eigenvalue weighted by Gasteiger charge is 2.30. The maximum absolute atomic E-state index is 11.9. The SMILES string of the molecule is CCCCOc1ccc(NC(=O)C[C@H]2SC(=S)NC2=O)cc1. The molecular formula is C15H18N2O3S2. The summed E-state index contributed by atoms with van der Waals surface area (Å²) in [7, 11) is 0. The van der Waals surface area contributed by atoms with Crippen LogP contribution in [0.25, 0.3) is 0 Å². The minimum Gasteiger partial charge on any atom is -0.494 e. The summed E-state index contributed by atoms with van der Waals surface area (Å²) in [6.07, 6.45) is 2.21. The van der Waals surface area contributed by atoms with Gasteiger partial charge in [-0.3, -0.25) is 9.59 Å². The Labute approximate surface area is 139 Å². The highest BCUT2D eigenvalue weighted by atomic mass is 32.2. The molecule has 7 heteroatoms. The Balaban J connectivity index is 1.81. The largest absolute Gasteiger partial charge is 0.494 e. The van der Waals surface area contributed by atoms with Crippen molar-refractivity contribution in [1.29, 1.82) is 0 Å². The minimum absolute atomic E-state index is 0.103. The molecule has 1 atom stereocenters.